The normalized spacial score (nSPS) is 17.2. The molecule has 2 aliphatic heterocycles. The third-order valence-corrected chi connectivity index (χ3v) is 8.33. The van der Waals surface area contributed by atoms with E-state index >= 15 is 0 Å². The third kappa shape index (κ3) is 6.47. The number of esters is 1. The average molecular weight is 610 g/mol. The molecule has 3 aromatic rings. The van der Waals surface area contributed by atoms with Gasteiger partial charge in [-0.2, -0.15) is 0 Å². The van der Waals surface area contributed by atoms with Gasteiger partial charge in [0, 0.05) is 53.5 Å². The first-order chi connectivity index (χ1) is 20.8. The minimum atomic E-state index is -1.14. The molecule has 2 aromatic carbocycles. The average Bonchev–Trinajstić information content (AvgIpc) is 3.52. The Hall–Kier alpha value is -4.25. The molecule has 2 aliphatic rings. The molecule has 0 spiro atoms. The number of halogens is 2. The molecule has 9 nitrogen and oxygen atoms in total. The number of quaternary nitrogens is 1. The summed E-state index contributed by atoms with van der Waals surface area (Å²) >= 11 is 0. The van der Waals surface area contributed by atoms with Gasteiger partial charge < -0.3 is 29.2 Å². The summed E-state index contributed by atoms with van der Waals surface area (Å²) in [4.78, 5) is 44.1. The quantitative estimate of drug-likeness (QED) is 0.272. The number of hydrogen-bond donors (Lipinski definition) is 2. The minimum Gasteiger partial charge on any atom is -0.459 e. The highest BCUT2D eigenvalue weighted by Gasteiger charge is 2.38. The van der Waals surface area contributed by atoms with Crippen molar-refractivity contribution >= 4 is 34.4 Å². The van der Waals surface area contributed by atoms with E-state index in [1.54, 1.807) is 26.0 Å². The van der Waals surface area contributed by atoms with E-state index in [1.165, 1.54) is 30.0 Å². The molecule has 3 heterocycles. The van der Waals surface area contributed by atoms with E-state index in [4.69, 9.17) is 9.47 Å². The maximum atomic E-state index is 14.0. The molecular formula is C33H39F2N4O5+. The van der Waals surface area contributed by atoms with E-state index in [0.717, 1.165) is 47.2 Å². The van der Waals surface area contributed by atoms with Crippen molar-refractivity contribution in [1.29, 1.82) is 0 Å². The van der Waals surface area contributed by atoms with Crippen LogP contribution in [0.5, 0.6) is 5.75 Å². The number of carbonyl (C=O) groups is 3. The van der Waals surface area contributed by atoms with Gasteiger partial charge in [0.1, 0.15) is 5.75 Å². The van der Waals surface area contributed by atoms with E-state index in [9.17, 15) is 23.2 Å². The molecule has 5 rings (SSSR count). The van der Waals surface area contributed by atoms with Crippen LogP contribution in [0.15, 0.2) is 42.6 Å². The SMILES string of the molecule is CC(C)OC(=O)C1=CN(C(=O)c2ccc(F)c(F)c2)CC(C)(C)c2c1[nH]c1cc(OC(=O)NCC[N+]3(C)CCCC3)ccc21. The number of amides is 2. The lowest BCUT2D eigenvalue weighted by Crippen LogP contribution is -2.46. The Morgan fingerprint density at radius 1 is 1.07 bits per heavy atom. The number of aromatic amines is 1. The minimum absolute atomic E-state index is 0.0562. The summed E-state index contributed by atoms with van der Waals surface area (Å²) in [6.45, 7) is 11.0. The molecule has 1 aromatic heterocycles. The maximum absolute atomic E-state index is 14.0. The number of likely N-dealkylation sites (N-methyl/N-ethyl adjacent to an activating group) is 1. The molecule has 0 saturated carbocycles. The van der Waals surface area contributed by atoms with Gasteiger partial charge in [-0.25, -0.2) is 18.4 Å². The highest BCUT2D eigenvalue weighted by molar-refractivity contribution is 6.18. The Bertz CT molecular complexity index is 1640. The first-order valence-corrected chi connectivity index (χ1v) is 14.9. The largest absolute Gasteiger partial charge is 0.459 e. The van der Waals surface area contributed by atoms with Crippen LogP contribution in [0.25, 0.3) is 16.5 Å². The second-order valence-electron chi connectivity index (χ2n) is 12.8. The molecule has 1 fully saturated rings. The number of nitrogens with one attached hydrogen (secondary N) is 2. The fraction of sp³-hybridized carbons (Fsp3) is 0.424. The molecule has 2 amide bonds. The van der Waals surface area contributed by atoms with Crippen molar-refractivity contribution in [3.05, 3.63) is 71.1 Å². The summed E-state index contributed by atoms with van der Waals surface area (Å²) in [6.07, 6.45) is 2.82. The van der Waals surface area contributed by atoms with Crippen molar-refractivity contribution in [2.24, 2.45) is 0 Å². The van der Waals surface area contributed by atoms with Gasteiger partial charge in [0.15, 0.2) is 11.6 Å². The number of likely N-dealkylation sites (tertiary alicyclic amines) is 1. The number of hydrogen-bond acceptors (Lipinski definition) is 5. The molecule has 0 radical (unpaired) electrons. The molecule has 0 atom stereocenters. The molecule has 44 heavy (non-hydrogen) atoms. The Balaban J connectivity index is 1.46. The van der Waals surface area contributed by atoms with Crippen molar-refractivity contribution < 1.29 is 37.1 Å². The Labute approximate surface area is 255 Å². The van der Waals surface area contributed by atoms with Crippen LogP contribution in [0.2, 0.25) is 0 Å². The Kier molecular flexibility index (Phi) is 8.53. The Morgan fingerprint density at radius 3 is 2.48 bits per heavy atom. The molecule has 0 unspecified atom stereocenters. The summed E-state index contributed by atoms with van der Waals surface area (Å²) in [7, 11) is 2.20. The van der Waals surface area contributed by atoms with Gasteiger partial charge in [-0.15, -0.1) is 0 Å². The third-order valence-electron chi connectivity index (χ3n) is 8.33. The van der Waals surface area contributed by atoms with Gasteiger partial charge in [-0.1, -0.05) is 13.8 Å². The van der Waals surface area contributed by atoms with Crippen LogP contribution in [0.3, 0.4) is 0 Å². The van der Waals surface area contributed by atoms with Crippen LogP contribution in [0.1, 0.15) is 62.2 Å². The zero-order chi connectivity index (χ0) is 31.8. The van der Waals surface area contributed by atoms with Gasteiger partial charge in [-0.05, 0) is 49.7 Å². The van der Waals surface area contributed by atoms with Crippen molar-refractivity contribution in [1.82, 2.24) is 15.2 Å². The van der Waals surface area contributed by atoms with E-state index < -0.39 is 41.1 Å². The molecule has 0 aliphatic carbocycles. The first kappa shape index (κ1) is 31.2. The number of benzene rings is 2. The van der Waals surface area contributed by atoms with E-state index in [0.29, 0.717) is 23.5 Å². The van der Waals surface area contributed by atoms with Crippen LogP contribution in [-0.2, 0) is 14.9 Å². The van der Waals surface area contributed by atoms with Crippen LogP contribution < -0.4 is 10.1 Å². The standard InChI is InChI=1S/C33H38F2N4O5/c1-20(2)43-31(41)24-18-38(30(40)21-8-11-25(34)26(35)16-21)19-33(3,4)28-23-10-9-22(17-27(23)37-29(24)28)44-32(42)36-12-15-39(5)13-6-7-14-39/h8-11,16-18,20,37H,6-7,12-15,19H2,1-5H3/p+1. The zero-order valence-corrected chi connectivity index (χ0v) is 25.8. The van der Waals surface area contributed by atoms with Crippen molar-refractivity contribution in [2.75, 3.05) is 39.8 Å². The molecular weight excluding hydrogens is 570 g/mol. The predicted molar refractivity (Wildman–Crippen MR) is 162 cm³/mol. The van der Waals surface area contributed by atoms with Crippen LogP contribution in [0, 0.1) is 11.6 Å². The van der Waals surface area contributed by atoms with E-state index in [-0.39, 0.29) is 17.7 Å². The molecule has 11 heteroatoms. The van der Waals surface area contributed by atoms with Gasteiger partial charge in [0.05, 0.1) is 50.6 Å². The monoisotopic (exact) mass is 609 g/mol. The van der Waals surface area contributed by atoms with Crippen LogP contribution in [0.4, 0.5) is 13.6 Å². The molecule has 234 valence electrons. The maximum Gasteiger partial charge on any atom is 0.412 e. The fourth-order valence-corrected chi connectivity index (χ4v) is 6.17. The number of aromatic nitrogens is 1. The number of nitrogens with zero attached hydrogens (tertiary/aromatic N) is 2. The smallest absolute Gasteiger partial charge is 0.412 e. The number of carbonyl (C=O) groups excluding carboxylic acids is 3. The van der Waals surface area contributed by atoms with E-state index in [1.807, 2.05) is 19.9 Å². The molecule has 0 bridgehead atoms. The van der Waals surface area contributed by atoms with Gasteiger partial charge in [0.2, 0.25) is 0 Å². The van der Waals surface area contributed by atoms with Crippen molar-refractivity contribution in [3.63, 3.8) is 0 Å². The van der Waals surface area contributed by atoms with E-state index in [2.05, 4.69) is 17.3 Å². The zero-order valence-electron chi connectivity index (χ0n) is 25.8. The lowest BCUT2D eigenvalue weighted by molar-refractivity contribution is -0.896. The van der Waals surface area contributed by atoms with Crippen molar-refractivity contribution in [2.45, 2.75) is 52.1 Å². The number of fused-ring (bicyclic) bond motifs is 3. The van der Waals surface area contributed by atoms with Crippen LogP contribution >= 0.6 is 0 Å². The number of rotatable bonds is 7. The fourth-order valence-electron chi connectivity index (χ4n) is 6.17. The summed E-state index contributed by atoms with van der Waals surface area (Å²) in [5.74, 6) is -3.12. The number of H-pyrrole nitrogens is 1. The second kappa shape index (κ2) is 12.0. The van der Waals surface area contributed by atoms with Crippen molar-refractivity contribution in [3.8, 4) is 5.75 Å². The topological polar surface area (TPSA) is 101 Å². The number of ether oxygens (including phenoxy) is 2. The Morgan fingerprint density at radius 2 is 1.80 bits per heavy atom. The van der Waals surface area contributed by atoms with Crippen LogP contribution in [-0.4, -0.2) is 78.2 Å². The lowest BCUT2D eigenvalue weighted by atomic mass is 9.81. The predicted octanol–water partition coefficient (Wildman–Crippen LogP) is 5.50. The summed E-state index contributed by atoms with van der Waals surface area (Å²) < 4.78 is 39.6. The summed E-state index contributed by atoms with van der Waals surface area (Å²) in [5, 5.41) is 3.61. The first-order valence-electron chi connectivity index (χ1n) is 14.9. The van der Waals surface area contributed by atoms with Gasteiger partial charge in [0.25, 0.3) is 5.91 Å². The lowest BCUT2D eigenvalue weighted by Gasteiger charge is -2.29. The van der Waals surface area contributed by atoms with Gasteiger partial charge in [-0.3, -0.25) is 4.79 Å². The molecule has 2 N–H and O–H groups in total. The highest BCUT2D eigenvalue weighted by atomic mass is 19.2. The second-order valence-corrected chi connectivity index (χ2v) is 12.8. The van der Waals surface area contributed by atoms with Gasteiger partial charge >= 0.3 is 12.1 Å². The highest BCUT2D eigenvalue weighted by Crippen LogP contribution is 2.41. The molecule has 1 saturated heterocycles. The summed E-state index contributed by atoms with van der Waals surface area (Å²) in [6, 6.07) is 8.14. The summed E-state index contributed by atoms with van der Waals surface area (Å²) in [5.41, 5.74) is 1.18.